The second-order valence-electron chi connectivity index (χ2n) is 4.91. The van der Waals surface area contributed by atoms with Crippen molar-refractivity contribution in [1.29, 1.82) is 0 Å². The number of hydrogen-bond donors (Lipinski definition) is 0. The Bertz CT molecular complexity index is 468. The molecule has 1 aromatic rings. The zero-order chi connectivity index (χ0) is 12.5. The predicted octanol–water partition coefficient (Wildman–Crippen LogP) is 1.13. The van der Waals surface area contributed by atoms with Crippen molar-refractivity contribution < 1.29 is 9.59 Å². The topological polar surface area (TPSA) is 40.6 Å². The largest absolute Gasteiger partial charge is 0.336 e. The van der Waals surface area contributed by atoms with Crippen molar-refractivity contribution in [2.75, 3.05) is 19.6 Å². The average Bonchev–Trinajstić information content (AvgIpc) is 3.23. The molecule has 94 valence electrons. The van der Waals surface area contributed by atoms with Gasteiger partial charge in [-0.2, -0.15) is 0 Å². The molecule has 0 unspecified atom stereocenters. The van der Waals surface area contributed by atoms with E-state index >= 15 is 0 Å². The first-order valence-corrected chi connectivity index (χ1v) is 6.39. The molecular formula is C14H16N2O2. The fourth-order valence-electron chi connectivity index (χ4n) is 2.40. The second kappa shape index (κ2) is 4.44. The van der Waals surface area contributed by atoms with Crippen LogP contribution in [0.15, 0.2) is 30.3 Å². The lowest BCUT2D eigenvalue weighted by molar-refractivity contribution is -0.135. The van der Waals surface area contributed by atoms with E-state index in [1.807, 2.05) is 23.1 Å². The Kier molecular flexibility index (Phi) is 2.78. The smallest absolute Gasteiger partial charge is 0.254 e. The molecule has 0 N–H and O–H groups in total. The number of rotatable bonds is 2. The normalized spacial score (nSPS) is 20.1. The van der Waals surface area contributed by atoms with E-state index in [0.717, 1.165) is 12.8 Å². The van der Waals surface area contributed by atoms with Crippen molar-refractivity contribution in [2.45, 2.75) is 18.9 Å². The summed E-state index contributed by atoms with van der Waals surface area (Å²) in [4.78, 5) is 27.7. The van der Waals surface area contributed by atoms with Crippen molar-refractivity contribution in [1.82, 2.24) is 9.80 Å². The van der Waals surface area contributed by atoms with Gasteiger partial charge in [0, 0.05) is 24.7 Å². The van der Waals surface area contributed by atoms with Crippen LogP contribution >= 0.6 is 0 Å². The lowest BCUT2D eigenvalue weighted by Crippen LogP contribution is -2.52. The molecule has 1 aromatic carbocycles. The van der Waals surface area contributed by atoms with Gasteiger partial charge >= 0.3 is 0 Å². The van der Waals surface area contributed by atoms with Gasteiger partial charge in [-0.1, -0.05) is 18.2 Å². The summed E-state index contributed by atoms with van der Waals surface area (Å²) in [5, 5.41) is 0. The first-order valence-electron chi connectivity index (χ1n) is 6.39. The van der Waals surface area contributed by atoms with Gasteiger partial charge in [0.05, 0.1) is 0 Å². The van der Waals surface area contributed by atoms with E-state index in [0.29, 0.717) is 24.7 Å². The number of carbonyl (C=O) groups excluding carboxylic acids is 2. The van der Waals surface area contributed by atoms with E-state index in [9.17, 15) is 9.59 Å². The summed E-state index contributed by atoms with van der Waals surface area (Å²) in [5.74, 6) is 0.0485. The van der Waals surface area contributed by atoms with Gasteiger partial charge in [0.1, 0.15) is 6.54 Å². The molecule has 0 spiro atoms. The fraction of sp³-hybridized carbons (Fsp3) is 0.429. The molecule has 18 heavy (non-hydrogen) atoms. The van der Waals surface area contributed by atoms with Gasteiger partial charge in [-0.3, -0.25) is 9.59 Å². The average molecular weight is 244 g/mol. The summed E-state index contributed by atoms with van der Waals surface area (Å²) in [6.45, 7) is 1.56. The standard InChI is InChI=1S/C14H16N2O2/c17-13-10-15(8-9-16(13)12-6-7-12)14(18)11-4-2-1-3-5-11/h1-5,12H,6-10H2. The number of hydrogen-bond acceptors (Lipinski definition) is 2. The Morgan fingerprint density at radius 2 is 1.83 bits per heavy atom. The van der Waals surface area contributed by atoms with Crippen LogP contribution in [0.25, 0.3) is 0 Å². The minimum atomic E-state index is -0.0422. The molecule has 3 rings (SSSR count). The van der Waals surface area contributed by atoms with Crippen LogP contribution in [0.2, 0.25) is 0 Å². The molecule has 1 aliphatic heterocycles. The first kappa shape index (κ1) is 11.3. The quantitative estimate of drug-likeness (QED) is 0.782. The van der Waals surface area contributed by atoms with Crippen molar-refractivity contribution in [2.24, 2.45) is 0 Å². The van der Waals surface area contributed by atoms with Gasteiger partial charge in [0.15, 0.2) is 0 Å². The lowest BCUT2D eigenvalue weighted by atomic mass is 10.2. The highest BCUT2D eigenvalue weighted by molar-refractivity contribution is 5.97. The number of nitrogens with zero attached hydrogens (tertiary/aromatic N) is 2. The molecule has 1 saturated carbocycles. The van der Waals surface area contributed by atoms with Crippen LogP contribution in [0.3, 0.4) is 0 Å². The molecule has 0 aromatic heterocycles. The van der Waals surface area contributed by atoms with Crippen LogP contribution in [-0.4, -0.2) is 47.3 Å². The van der Waals surface area contributed by atoms with Crippen molar-refractivity contribution in [3.8, 4) is 0 Å². The molecule has 0 radical (unpaired) electrons. The van der Waals surface area contributed by atoms with E-state index in [-0.39, 0.29) is 18.4 Å². The minimum Gasteiger partial charge on any atom is -0.336 e. The highest BCUT2D eigenvalue weighted by Gasteiger charge is 2.36. The van der Waals surface area contributed by atoms with Crippen LogP contribution in [0, 0.1) is 0 Å². The van der Waals surface area contributed by atoms with E-state index in [1.54, 1.807) is 17.0 Å². The molecule has 2 aliphatic rings. The molecule has 4 nitrogen and oxygen atoms in total. The Balaban J connectivity index is 1.68. The Hall–Kier alpha value is -1.84. The monoisotopic (exact) mass is 244 g/mol. The Labute approximate surface area is 106 Å². The third kappa shape index (κ3) is 2.10. The van der Waals surface area contributed by atoms with Gasteiger partial charge in [0.25, 0.3) is 5.91 Å². The van der Waals surface area contributed by atoms with E-state index in [4.69, 9.17) is 0 Å². The zero-order valence-electron chi connectivity index (χ0n) is 10.2. The molecule has 0 bridgehead atoms. The number of benzene rings is 1. The SMILES string of the molecule is O=C(c1ccccc1)N1CCN(C2CC2)C(=O)C1. The third-order valence-corrected chi connectivity index (χ3v) is 3.55. The molecule has 2 amide bonds. The summed E-state index contributed by atoms with van der Waals surface area (Å²) < 4.78 is 0. The van der Waals surface area contributed by atoms with Crippen molar-refractivity contribution in [3.63, 3.8) is 0 Å². The van der Waals surface area contributed by atoms with E-state index < -0.39 is 0 Å². The minimum absolute atomic E-state index is 0.0422. The first-order chi connectivity index (χ1) is 8.75. The molecule has 1 heterocycles. The summed E-state index contributed by atoms with van der Waals surface area (Å²) >= 11 is 0. The predicted molar refractivity (Wildman–Crippen MR) is 67.1 cm³/mol. The number of amides is 2. The zero-order valence-corrected chi connectivity index (χ0v) is 10.2. The van der Waals surface area contributed by atoms with Crippen LogP contribution in [0.4, 0.5) is 0 Å². The highest BCUT2D eigenvalue weighted by Crippen LogP contribution is 2.28. The van der Waals surface area contributed by atoms with Gasteiger partial charge in [-0.05, 0) is 25.0 Å². The van der Waals surface area contributed by atoms with Crippen molar-refractivity contribution >= 4 is 11.8 Å². The highest BCUT2D eigenvalue weighted by atomic mass is 16.2. The Morgan fingerprint density at radius 3 is 2.44 bits per heavy atom. The lowest BCUT2D eigenvalue weighted by Gasteiger charge is -2.34. The summed E-state index contributed by atoms with van der Waals surface area (Å²) in [5.41, 5.74) is 0.658. The molecular weight excluding hydrogens is 228 g/mol. The number of carbonyl (C=O) groups is 2. The van der Waals surface area contributed by atoms with Crippen LogP contribution in [-0.2, 0) is 4.79 Å². The maximum absolute atomic E-state index is 12.2. The summed E-state index contributed by atoms with van der Waals surface area (Å²) in [6.07, 6.45) is 2.25. The van der Waals surface area contributed by atoms with Crippen LogP contribution < -0.4 is 0 Å². The van der Waals surface area contributed by atoms with Crippen LogP contribution in [0.1, 0.15) is 23.2 Å². The van der Waals surface area contributed by atoms with Crippen molar-refractivity contribution in [3.05, 3.63) is 35.9 Å². The Morgan fingerprint density at radius 1 is 1.11 bits per heavy atom. The van der Waals surface area contributed by atoms with E-state index in [1.165, 1.54) is 0 Å². The maximum Gasteiger partial charge on any atom is 0.254 e. The van der Waals surface area contributed by atoms with Gasteiger partial charge in [0.2, 0.25) is 5.91 Å². The van der Waals surface area contributed by atoms with E-state index in [2.05, 4.69) is 0 Å². The summed E-state index contributed by atoms with van der Waals surface area (Å²) in [6, 6.07) is 9.60. The summed E-state index contributed by atoms with van der Waals surface area (Å²) in [7, 11) is 0. The number of piperazine rings is 1. The fourth-order valence-corrected chi connectivity index (χ4v) is 2.40. The van der Waals surface area contributed by atoms with Gasteiger partial charge in [-0.15, -0.1) is 0 Å². The van der Waals surface area contributed by atoms with Gasteiger partial charge in [-0.25, -0.2) is 0 Å². The molecule has 4 heteroatoms. The molecule has 0 atom stereocenters. The molecule has 1 aliphatic carbocycles. The third-order valence-electron chi connectivity index (χ3n) is 3.55. The maximum atomic E-state index is 12.2. The molecule has 1 saturated heterocycles. The molecule has 2 fully saturated rings. The van der Waals surface area contributed by atoms with Gasteiger partial charge < -0.3 is 9.80 Å². The second-order valence-corrected chi connectivity index (χ2v) is 4.91. The van der Waals surface area contributed by atoms with Crippen LogP contribution in [0.5, 0.6) is 0 Å².